The number of aliphatic hydroxyl groups is 1. The third-order valence-electron chi connectivity index (χ3n) is 3.19. The largest absolute Gasteiger partial charge is 0.477 e. The molecule has 1 aliphatic carbocycles. The molecular formula is C11H11N3O3. The van der Waals surface area contributed by atoms with Crippen molar-refractivity contribution in [3.8, 4) is 11.3 Å². The van der Waals surface area contributed by atoms with Gasteiger partial charge in [0.1, 0.15) is 11.4 Å². The van der Waals surface area contributed by atoms with E-state index in [9.17, 15) is 9.90 Å². The van der Waals surface area contributed by atoms with Crippen molar-refractivity contribution in [2.75, 3.05) is 0 Å². The lowest BCUT2D eigenvalue weighted by atomic mass is 9.91. The number of carboxylic acid groups (broad SMARTS) is 1. The van der Waals surface area contributed by atoms with Crippen molar-refractivity contribution >= 4 is 5.97 Å². The van der Waals surface area contributed by atoms with Crippen LogP contribution in [0.25, 0.3) is 11.3 Å². The second-order valence-electron chi connectivity index (χ2n) is 4.17. The monoisotopic (exact) mass is 233 g/mol. The Hall–Kier alpha value is -2.08. The number of nitrogens with zero attached hydrogens (tertiary/aromatic N) is 2. The lowest BCUT2D eigenvalue weighted by Gasteiger charge is -2.19. The van der Waals surface area contributed by atoms with Crippen LogP contribution in [0.5, 0.6) is 0 Å². The van der Waals surface area contributed by atoms with Gasteiger partial charge in [-0.15, -0.1) is 0 Å². The first-order chi connectivity index (χ1) is 8.09. The van der Waals surface area contributed by atoms with E-state index in [0.29, 0.717) is 17.7 Å². The summed E-state index contributed by atoms with van der Waals surface area (Å²) in [5.41, 5.74) is 2.75. The Morgan fingerprint density at radius 1 is 1.65 bits per heavy atom. The zero-order valence-electron chi connectivity index (χ0n) is 9.14. The summed E-state index contributed by atoms with van der Waals surface area (Å²) in [5, 5.41) is 25.5. The number of carboxylic acids is 1. The molecule has 17 heavy (non-hydrogen) atoms. The lowest BCUT2D eigenvalue weighted by Crippen LogP contribution is -2.14. The molecule has 0 fully saturated rings. The average Bonchev–Trinajstić information content (AvgIpc) is 2.84. The average molecular weight is 233 g/mol. The SMILES string of the molecule is Cn1ccc2c1CC(O)c1c-2n[nH]c1C(=O)O. The number of aliphatic hydroxyl groups excluding tert-OH is 1. The van der Waals surface area contributed by atoms with Gasteiger partial charge in [0.2, 0.25) is 0 Å². The van der Waals surface area contributed by atoms with Crippen LogP contribution in [0.4, 0.5) is 0 Å². The van der Waals surface area contributed by atoms with Crippen molar-refractivity contribution in [1.29, 1.82) is 0 Å². The van der Waals surface area contributed by atoms with Crippen LogP contribution < -0.4 is 0 Å². The molecule has 3 N–H and O–H groups in total. The molecule has 6 heteroatoms. The Morgan fingerprint density at radius 2 is 2.41 bits per heavy atom. The Labute approximate surface area is 96.5 Å². The van der Waals surface area contributed by atoms with Crippen LogP contribution in [-0.2, 0) is 13.5 Å². The first-order valence-corrected chi connectivity index (χ1v) is 5.23. The van der Waals surface area contributed by atoms with Crippen LogP contribution in [-0.4, -0.2) is 30.9 Å². The number of aromatic amines is 1. The Kier molecular flexibility index (Phi) is 1.90. The number of hydrogen-bond acceptors (Lipinski definition) is 3. The summed E-state index contributed by atoms with van der Waals surface area (Å²) in [5.74, 6) is -1.10. The molecule has 0 saturated carbocycles. The molecule has 0 aromatic carbocycles. The molecule has 0 saturated heterocycles. The summed E-state index contributed by atoms with van der Waals surface area (Å²) >= 11 is 0. The van der Waals surface area contributed by atoms with Gasteiger partial charge in [-0.3, -0.25) is 5.10 Å². The highest BCUT2D eigenvalue weighted by molar-refractivity contribution is 5.90. The zero-order chi connectivity index (χ0) is 12.2. The van der Waals surface area contributed by atoms with Gasteiger partial charge in [-0.2, -0.15) is 5.10 Å². The molecule has 0 aliphatic heterocycles. The number of fused-ring (bicyclic) bond motifs is 3. The van der Waals surface area contributed by atoms with Gasteiger partial charge in [-0.25, -0.2) is 4.79 Å². The molecule has 1 unspecified atom stereocenters. The number of carbonyl (C=O) groups is 1. The van der Waals surface area contributed by atoms with Gasteiger partial charge < -0.3 is 14.8 Å². The van der Waals surface area contributed by atoms with Crippen LogP contribution in [0.15, 0.2) is 12.3 Å². The number of aromatic carboxylic acids is 1. The van der Waals surface area contributed by atoms with Gasteiger partial charge in [0.05, 0.1) is 6.10 Å². The van der Waals surface area contributed by atoms with Crippen molar-refractivity contribution in [3.63, 3.8) is 0 Å². The molecule has 0 bridgehead atoms. The van der Waals surface area contributed by atoms with E-state index in [4.69, 9.17) is 5.11 Å². The fraction of sp³-hybridized carbons (Fsp3) is 0.273. The molecule has 0 amide bonds. The highest BCUT2D eigenvalue weighted by Gasteiger charge is 2.32. The first kappa shape index (κ1) is 10.1. The summed E-state index contributed by atoms with van der Waals surface area (Å²) in [6.45, 7) is 0. The number of H-pyrrole nitrogens is 1. The van der Waals surface area contributed by atoms with Crippen LogP contribution in [0.3, 0.4) is 0 Å². The Bertz CT molecular complexity index is 612. The standard InChI is InChI=1S/C11H11N3O3/c1-14-3-2-5-6(14)4-7(15)8-9(5)12-13-10(8)11(16)17/h2-3,7,15H,4H2,1H3,(H,12,13)(H,16,17). The van der Waals surface area contributed by atoms with Crippen molar-refractivity contribution < 1.29 is 15.0 Å². The fourth-order valence-electron chi connectivity index (χ4n) is 2.36. The topological polar surface area (TPSA) is 91.1 Å². The van der Waals surface area contributed by atoms with Crippen LogP contribution in [0.1, 0.15) is 27.8 Å². The van der Waals surface area contributed by atoms with E-state index in [1.54, 1.807) is 0 Å². The zero-order valence-corrected chi connectivity index (χ0v) is 9.14. The summed E-state index contributed by atoms with van der Waals surface area (Å²) in [6.07, 6.45) is 1.46. The second-order valence-corrected chi connectivity index (χ2v) is 4.17. The Morgan fingerprint density at radius 3 is 3.12 bits per heavy atom. The van der Waals surface area contributed by atoms with E-state index in [2.05, 4.69) is 10.2 Å². The minimum absolute atomic E-state index is 0.0259. The number of aromatic nitrogens is 3. The van der Waals surface area contributed by atoms with Gasteiger partial charge in [-0.05, 0) is 6.07 Å². The third-order valence-corrected chi connectivity index (χ3v) is 3.19. The highest BCUT2D eigenvalue weighted by atomic mass is 16.4. The molecule has 2 heterocycles. The molecule has 88 valence electrons. The summed E-state index contributed by atoms with van der Waals surface area (Å²) in [4.78, 5) is 11.0. The van der Waals surface area contributed by atoms with Crippen molar-refractivity contribution in [1.82, 2.24) is 14.8 Å². The number of nitrogens with one attached hydrogen (secondary N) is 1. The third kappa shape index (κ3) is 1.24. The van der Waals surface area contributed by atoms with Gasteiger partial charge in [0.15, 0.2) is 0 Å². The number of hydrogen-bond donors (Lipinski definition) is 3. The molecule has 0 radical (unpaired) electrons. The Balaban J connectivity index is 2.27. The van der Waals surface area contributed by atoms with E-state index >= 15 is 0 Å². The summed E-state index contributed by atoms with van der Waals surface area (Å²) in [6, 6.07) is 1.88. The van der Waals surface area contributed by atoms with Gasteiger partial charge in [0.25, 0.3) is 0 Å². The van der Waals surface area contributed by atoms with Crippen LogP contribution in [0, 0.1) is 0 Å². The molecule has 2 aromatic rings. The molecule has 0 spiro atoms. The highest BCUT2D eigenvalue weighted by Crippen LogP contribution is 2.39. The van der Waals surface area contributed by atoms with Gasteiger partial charge in [-0.1, -0.05) is 0 Å². The first-order valence-electron chi connectivity index (χ1n) is 5.23. The normalized spacial score (nSPS) is 17.6. The van der Waals surface area contributed by atoms with Crippen LogP contribution in [0.2, 0.25) is 0 Å². The molecule has 1 atom stereocenters. The predicted octanol–water partition coefficient (Wildman–Crippen LogP) is 0.703. The fourth-order valence-corrected chi connectivity index (χ4v) is 2.36. The lowest BCUT2D eigenvalue weighted by molar-refractivity contribution is 0.0682. The smallest absolute Gasteiger partial charge is 0.354 e. The summed E-state index contributed by atoms with van der Waals surface area (Å²) < 4.78 is 1.91. The summed E-state index contributed by atoms with van der Waals surface area (Å²) in [7, 11) is 1.89. The second kappa shape index (κ2) is 3.21. The maximum Gasteiger partial charge on any atom is 0.354 e. The quantitative estimate of drug-likeness (QED) is 0.676. The van der Waals surface area contributed by atoms with E-state index in [0.717, 1.165) is 11.3 Å². The molecule has 6 nitrogen and oxygen atoms in total. The van der Waals surface area contributed by atoms with Crippen molar-refractivity contribution in [2.24, 2.45) is 7.05 Å². The molecule has 1 aliphatic rings. The minimum Gasteiger partial charge on any atom is -0.477 e. The van der Waals surface area contributed by atoms with Crippen molar-refractivity contribution in [2.45, 2.75) is 12.5 Å². The van der Waals surface area contributed by atoms with Crippen LogP contribution >= 0.6 is 0 Å². The van der Waals surface area contributed by atoms with E-state index in [1.807, 2.05) is 23.9 Å². The molecular weight excluding hydrogens is 222 g/mol. The van der Waals surface area contributed by atoms with E-state index in [1.165, 1.54) is 0 Å². The van der Waals surface area contributed by atoms with Gasteiger partial charge in [0, 0.05) is 36.5 Å². The van der Waals surface area contributed by atoms with E-state index < -0.39 is 12.1 Å². The molecule has 2 aromatic heterocycles. The van der Waals surface area contributed by atoms with Gasteiger partial charge >= 0.3 is 5.97 Å². The van der Waals surface area contributed by atoms with Crippen molar-refractivity contribution in [3.05, 3.63) is 29.2 Å². The molecule has 3 rings (SSSR count). The maximum absolute atomic E-state index is 11.0. The van der Waals surface area contributed by atoms with E-state index in [-0.39, 0.29) is 5.69 Å². The maximum atomic E-state index is 11.0. The number of aryl methyl sites for hydroxylation is 1. The number of rotatable bonds is 1. The minimum atomic E-state index is -1.10. The predicted molar refractivity (Wildman–Crippen MR) is 58.6 cm³/mol.